The first kappa shape index (κ1) is 11.4. The highest BCUT2D eigenvalue weighted by Gasteiger charge is 2.25. The molecule has 3 atom stereocenters. The van der Waals surface area contributed by atoms with Crippen LogP contribution in [0.2, 0.25) is 0 Å². The third kappa shape index (κ3) is 2.71. The van der Waals surface area contributed by atoms with E-state index in [4.69, 9.17) is 4.74 Å². The van der Waals surface area contributed by atoms with E-state index < -0.39 is 5.95 Å². The minimum Gasteiger partial charge on any atom is -0.490 e. The van der Waals surface area contributed by atoms with Gasteiger partial charge in [0.15, 0.2) is 0 Å². The van der Waals surface area contributed by atoms with Crippen LogP contribution in [0.15, 0.2) is 18.3 Å². The molecule has 1 aliphatic rings. The summed E-state index contributed by atoms with van der Waals surface area (Å²) in [5, 5.41) is 0. The maximum absolute atomic E-state index is 12.9. The van der Waals surface area contributed by atoms with Crippen LogP contribution in [0.3, 0.4) is 0 Å². The Balaban J connectivity index is 1.95. The molecule has 0 N–H and O–H groups in total. The Kier molecular flexibility index (Phi) is 3.42. The molecule has 3 unspecified atom stereocenters. The smallest absolute Gasteiger partial charge is 0.216 e. The fourth-order valence-corrected chi connectivity index (χ4v) is 2.26. The zero-order chi connectivity index (χ0) is 11.5. The lowest BCUT2D eigenvalue weighted by Gasteiger charge is -2.32. The molecule has 16 heavy (non-hydrogen) atoms. The van der Waals surface area contributed by atoms with Gasteiger partial charge in [-0.15, -0.1) is 0 Å². The van der Waals surface area contributed by atoms with Crippen LogP contribution >= 0.6 is 0 Å². The second kappa shape index (κ2) is 4.81. The topological polar surface area (TPSA) is 22.1 Å². The van der Waals surface area contributed by atoms with Crippen molar-refractivity contribution in [1.29, 1.82) is 0 Å². The van der Waals surface area contributed by atoms with Crippen LogP contribution in [0.25, 0.3) is 0 Å². The van der Waals surface area contributed by atoms with Crippen LogP contribution in [-0.4, -0.2) is 11.1 Å². The summed E-state index contributed by atoms with van der Waals surface area (Å²) in [6, 6.07) is 3.06. The Morgan fingerprint density at radius 1 is 1.31 bits per heavy atom. The minimum atomic E-state index is -0.477. The summed E-state index contributed by atoms with van der Waals surface area (Å²) in [6.45, 7) is 4.54. The molecule has 0 aliphatic heterocycles. The zero-order valence-corrected chi connectivity index (χ0v) is 9.82. The molecule has 1 aromatic heterocycles. The number of nitrogens with zero attached hydrogens (tertiary/aromatic N) is 1. The molecule has 1 aromatic rings. The average Bonchev–Trinajstić information content (AvgIpc) is 2.24. The van der Waals surface area contributed by atoms with Crippen molar-refractivity contribution < 1.29 is 9.13 Å². The van der Waals surface area contributed by atoms with E-state index in [0.717, 1.165) is 18.8 Å². The third-order valence-corrected chi connectivity index (χ3v) is 3.55. The summed E-state index contributed by atoms with van der Waals surface area (Å²) in [5.41, 5.74) is 0. The Labute approximate surface area is 95.8 Å². The van der Waals surface area contributed by atoms with Crippen LogP contribution < -0.4 is 4.74 Å². The van der Waals surface area contributed by atoms with Crippen molar-refractivity contribution in [2.24, 2.45) is 11.8 Å². The molecule has 0 bridgehead atoms. The molecule has 3 heteroatoms. The van der Waals surface area contributed by atoms with E-state index in [1.165, 1.54) is 18.7 Å². The van der Waals surface area contributed by atoms with Crippen LogP contribution in [0, 0.1) is 17.8 Å². The monoisotopic (exact) mass is 223 g/mol. The second-order valence-electron chi connectivity index (χ2n) is 4.82. The molecule has 0 spiro atoms. The average molecular weight is 223 g/mol. The van der Waals surface area contributed by atoms with E-state index in [1.54, 1.807) is 6.07 Å². The molecular formula is C13H18FNO. The van der Waals surface area contributed by atoms with E-state index in [-0.39, 0.29) is 6.10 Å². The molecule has 2 rings (SSSR count). The lowest BCUT2D eigenvalue weighted by atomic mass is 9.80. The van der Waals surface area contributed by atoms with Crippen LogP contribution in [-0.2, 0) is 0 Å². The van der Waals surface area contributed by atoms with Crippen molar-refractivity contribution in [3.05, 3.63) is 24.3 Å². The van der Waals surface area contributed by atoms with E-state index in [1.807, 2.05) is 0 Å². The van der Waals surface area contributed by atoms with E-state index >= 15 is 0 Å². The van der Waals surface area contributed by atoms with Crippen LogP contribution in [0.4, 0.5) is 4.39 Å². The summed E-state index contributed by atoms with van der Waals surface area (Å²) in [4.78, 5) is 3.51. The van der Waals surface area contributed by atoms with Gasteiger partial charge in [-0.25, -0.2) is 4.98 Å². The Hall–Kier alpha value is -1.12. The van der Waals surface area contributed by atoms with Gasteiger partial charge in [-0.3, -0.25) is 0 Å². The minimum absolute atomic E-state index is 0.230. The predicted octanol–water partition coefficient (Wildman–Crippen LogP) is 3.42. The van der Waals surface area contributed by atoms with Crippen molar-refractivity contribution in [2.75, 3.05) is 0 Å². The van der Waals surface area contributed by atoms with Crippen LogP contribution in [0.1, 0.15) is 33.1 Å². The molecule has 0 radical (unpaired) electrons. The van der Waals surface area contributed by atoms with E-state index in [0.29, 0.717) is 11.7 Å². The van der Waals surface area contributed by atoms with Gasteiger partial charge in [-0.2, -0.15) is 4.39 Å². The highest BCUT2D eigenvalue weighted by Crippen LogP contribution is 2.31. The number of hydrogen-bond donors (Lipinski definition) is 0. The third-order valence-electron chi connectivity index (χ3n) is 3.55. The summed E-state index contributed by atoms with van der Waals surface area (Å²) in [6.07, 6.45) is 4.99. The lowest BCUT2D eigenvalue weighted by Crippen LogP contribution is -2.28. The SMILES string of the molecule is CC1CCC(Oc2ccnc(F)c2)CC1C. The summed E-state index contributed by atoms with van der Waals surface area (Å²) < 4.78 is 18.6. The number of pyridine rings is 1. The van der Waals surface area contributed by atoms with Gasteiger partial charge < -0.3 is 4.74 Å². The van der Waals surface area contributed by atoms with Crippen molar-refractivity contribution >= 4 is 0 Å². The first-order valence-corrected chi connectivity index (χ1v) is 5.93. The maximum atomic E-state index is 12.9. The molecule has 0 aromatic carbocycles. The highest BCUT2D eigenvalue weighted by atomic mass is 19.1. The number of aromatic nitrogens is 1. The molecular weight excluding hydrogens is 205 g/mol. The highest BCUT2D eigenvalue weighted by molar-refractivity contribution is 5.18. The fourth-order valence-electron chi connectivity index (χ4n) is 2.26. The molecule has 1 saturated carbocycles. The number of ether oxygens (including phenoxy) is 1. The summed E-state index contributed by atoms with van der Waals surface area (Å²) in [5.74, 6) is 1.58. The van der Waals surface area contributed by atoms with Gasteiger partial charge in [0.2, 0.25) is 5.95 Å². The van der Waals surface area contributed by atoms with Gasteiger partial charge in [0.05, 0.1) is 6.10 Å². The molecule has 1 fully saturated rings. The second-order valence-corrected chi connectivity index (χ2v) is 4.82. The quantitative estimate of drug-likeness (QED) is 0.717. The van der Waals surface area contributed by atoms with Gasteiger partial charge in [0, 0.05) is 12.3 Å². The normalized spacial score (nSPS) is 30.1. The van der Waals surface area contributed by atoms with Gasteiger partial charge in [0.1, 0.15) is 5.75 Å². The number of hydrogen-bond acceptors (Lipinski definition) is 2. The fraction of sp³-hybridized carbons (Fsp3) is 0.615. The molecule has 2 nitrogen and oxygen atoms in total. The molecule has 0 saturated heterocycles. The number of rotatable bonds is 2. The van der Waals surface area contributed by atoms with Gasteiger partial charge >= 0.3 is 0 Å². The molecule has 0 amide bonds. The van der Waals surface area contributed by atoms with Crippen LogP contribution in [0.5, 0.6) is 5.75 Å². The van der Waals surface area contributed by atoms with Crippen molar-refractivity contribution in [2.45, 2.75) is 39.2 Å². The van der Waals surface area contributed by atoms with Gasteiger partial charge in [0.25, 0.3) is 0 Å². The first-order chi connectivity index (χ1) is 7.65. The van der Waals surface area contributed by atoms with E-state index in [2.05, 4.69) is 18.8 Å². The zero-order valence-electron chi connectivity index (χ0n) is 9.82. The first-order valence-electron chi connectivity index (χ1n) is 5.93. The number of halogens is 1. The van der Waals surface area contributed by atoms with Crippen molar-refractivity contribution in [3.63, 3.8) is 0 Å². The lowest BCUT2D eigenvalue weighted by molar-refractivity contribution is 0.100. The van der Waals surface area contributed by atoms with E-state index in [9.17, 15) is 4.39 Å². The van der Waals surface area contributed by atoms with Gasteiger partial charge in [-0.1, -0.05) is 13.8 Å². The Morgan fingerprint density at radius 2 is 2.12 bits per heavy atom. The molecule has 88 valence electrons. The summed E-state index contributed by atoms with van der Waals surface area (Å²) in [7, 11) is 0. The standard InChI is InChI=1S/C13H18FNO/c1-9-3-4-11(7-10(9)2)16-12-5-6-15-13(14)8-12/h5-6,8-11H,3-4,7H2,1-2H3. The largest absolute Gasteiger partial charge is 0.490 e. The summed E-state index contributed by atoms with van der Waals surface area (Å²) >= 11 is 0. The molecule has 1 aliphatic carbocycles. The predicted molar refractivity (Wildman–Crippen MR) is 60.8 cm³/mol. The van der Waals surface area contributed by atoms with Crippen molar-refractivity contribution in [1.82, 2.24) is 4.98 Å². The molecule has 1 heterocycles. The maximum Gasteiger partial charge on any atom is 0.216 e. The Morgan fingerprint density at radius 3 is 2.81 bits per heavy atom. The van der Waals surface area contributed by atoms with Gasteiger partial charge in [-0.05, 0) is 37.2 Å². The Bertz CT molecular complexity index is 356. The van der Waals surface area contributed by atoms with Crippen molar-refractivity contribution in [3.8, 4) is 5.75 Å².